The molecule has 6 heteroatoms. The van der Waals surface area contributed by atoms with Gasteiger partial charge in [-0.1, -0.05) is 39.5 Å². The topological polar surface area (TPSA) is 95.5 Å². The predicted molar refractivity (Wildman–Crippen MR) is 76.2 cm³/mol. The third-order valence-corrected chi connectivity index (χ3v) is 2.61. The van der Waals surface area contributed by atoms with Gasteiger partial charge in [0, 0.05) is 18.7 Å². The molecule has 0 saturated heterocycles. The van der Waals surface area contributed by atoms with E-state index in [0.29, 0.717) is 12.6 Å². The second-order valence-corrected chi connectivity index (χ2v) is 5.01. The average molecular weight is 284 g/mol. The molecule has 0 aliphatic carbocycles. The van der Waals surface area contributed by atoms with E-state index in [2.05, 4.69) is 19.2 Å². The van der Waals surface area contributed by atoms with E-state index < -0.39 is 17.9 Å². The highest BCUT2D eigenvalue weighted by Gasteiger charge is 2.03. The first-order valence-electron chi connectivity index (χ1n) is 6.91. The molecule has 0 heterocycles. The summed E-state index contributed by atoms with van der Waals surface area (Å²) >= 11 is 0. The number of carbonyl (C=O) groups is 3. The Bertz CT molecular complexity index is 351. The number of hydrogen-bond acceptors (Lipinski definition) is 3. The van der Waals surface area contributed by atoms with Gasteiger partial charge in [0.15, 0.2) is 0 Å². The lowest BCUT2D eigenvalue weighted by Crippen LogP contribution is -2.39. The molecule has 0 atom stereocenters. The summed E-state index contributed by atoms with van der Waals surface area (Å²) < 4.78 is 0. The number of carboxylic acid groups (broad SMARTS) is 1. The van der Waals surface area contributed by atoms with Crippen LogP contribution < -0.4 is 10.6 Å². The maximum absolute atomic E-state index is 11.3. The molecule has 0 aromatic heterocycles. The summed E-state index contributed by atoms with van der Waals surface area (Å²) in [4.78, 5) is 32.5. The highest BCUT2D eigenvalue weighted by Crippen LogP contribution is 2.08. The lowest BCUT2D eigenvalue weighted by Gasteiger charge is -2.06. The van der Waals surface area contributed by atoms with E-state index in [-0.39, 0.29) is 0 Å². The Morgan fingerprint density at radius 3 is 2.30 bits per heavy atom. The zero-order chi connectivity index (χ0) is 15.4. The molecule has 0 unspecified atom stereocenters. The predicted octanol–water partition coefficient (Wildman–Crippen LogP) is 2.06. The fraction of sp³-hybridized carbons (Fsp3) is 0.643. The number of imide groups is 1. The summed E-state index contributed by atoms with van der Waals surface area (Å²) in [6.07, 6.45) is 6.94. The Morgan fingerprint density at radius 1 is 1.05 bits per heavy atom. The van der Waals surface area contributed by atoms with E-state index in [1.54, 1.807) is 0 Å². The largest absolute Gasteiger partial charge is 0.478 e. The second-order valence-electron chi connectivity index (χ2n) is 5.01. The van der Waals surface area contributed by atoms with Crippen molar-refractivity contribution in [3.8, 4) is 0 Å². The molecule has 0 radical (unpaired) electrons. The van der Waals surface area contributed by atoms with Crippen LogP contribution >= 0.6 is 0 Å². The lowest BCUT2D eigenvalue weighted by atomic mass is 10.0. The summed E-state index contributed by atoms with van der Waals surface area (Å²) in [6.45, 7) is 4.90. The summed E-state index contributed by atoms with van der Waals surface area (Å²) in [6, 6.07) is -0.604. The van der Waals surface area contributed by atoms with E-state index in [9.17, 15) is 14.4 Å². The Kier molecular flexibility index (Phi) is 10.00. The van der Waals surface area contributed by atoms with Crippen molar-refractivity contribution >= 4 is 17.9 Å². The molecule has 0 rings (SSSR count). The standard InChI is InChI=1S/C14H24N2O4/c1-11(2)7-5-3-4-6-10-15-14(20)16-12(17)8-9-13(18)19/h8-9,11H,3-7,10H2,1-2H3,(H,18,19)(H2,15,16,17,20)/b9-8+. The van der Waals surface area contributed by atoms with Gasteiger partial charge in [-0.15, -0.1) is 0 Å². The van der Waals surface area contributed by atoms with Gasteiger partial charge in [0.2, 0.25) is 0 Å². The Labute approximate surface area is 119 Å². The monoisotopic (exact) mass is 284 g/mol. The molecule has 0 aromatic carbocycles. The summed E-state index contributed by atoms with van der Waals surface area (Å²) in [5.41, 5.74) is 0. The van der Waals surface area contributed by atoms with E-state index >= 15 is 0 Å². The number of amides is 3. The van der Waals surface area contributed by atoms with Crippen LogP contribution in [0.5, 0.6) is 0 Å². The molecule has 0 spiro atoms. The quantitative estimate of drug-likeness (QED) is 0.446. The molecule has 6 nitrogen and oxygen atoms in total. The van der Waals surface area contributed by atoms with E-state index in [1.165, 1.54) is 12.8 Å². The van der Waals surface area contributed by atoms with Crippen LogP contribution in [0.3, 0.4) is 0 Å². The van der Waals surface area contributed by atoms with Crippen molar-refractivity contribution in [2.45, 2.75) is 46.0 Å². The van der Waals surface area contributed by atoms with Crippen LogP contribution in [-0.2, 0) is 9.59 Å². The van der Waals surface area contributed by atoms with Gasteiger partial charge < -0.3 is 10.4 Å². The minimum Gasteiger partial charge on any atom is -0.478 e. The van der Waals surface area contributed by atoms with Crippen molar-refractivity contribution in [3.05, 3.63) is 12.2 Å². The first-order chi connectivity index (χ1) is 9.41. The van der Waals surface area contributed by atoms with Crippen molar-refractivity contribution in [1.29, 1.82) is 0 Å². The number of nitrogens with one attached hydrogen (secondary N) is 2. The number of hydrogen-bond donors (Lipinski definition) is 3. The third-order valence-electron chi connectivity index (χ3n) is 2.61. The highest BCUT2D eigenvalue weighted by atomic mass is 16.4. The summed E-state index contributed by atoms with van der Waals surface area (Å²) in [5.74, 6) is -1.26. The highest BCUT2D eigenvalue weighted by molar-refractivity contribution is 6.02. The zero-order valence-corrected chi connectivity index (χ0v) is 12.1. The van der Waals surface area contributed by atoms with Gasteiger partial charge in [0.25, 0.3) is 5.91 Å². The fourth-order valence-electron chi connectivity index (χ4n) is 1.58. The smallest absolute Gasteiger partial charge is 0.328 e. The van der Waals surface area contributed by atoms with Crippen molar-refractivity contribution in [3.63, 3.8) is 0 Å². The van der Waals surface area contributed by atoms with Crippen molar-refractivity contribution in [2.75, 3.05) is 6.54 Å². The molecule has 20 heavy (non-hydrogen) atoms. The van der Waals surface area contributed by atoms with E-state index in [4.69, 9.17) is 5.11 Å². The molecular weight excluding hydrogens is 260 g/mol. The van der Waals surface area contributed by atoms with Crippen molar-refractivity contribution < 1.29 is 19.5 Å². The Balaban J connectivity index is 3.54. The molecule has 3 N–H and O–H groups in total. The van der Waals surface area contributed by atoms with Gasteiger partial charge in [-0.2, -0.15) is 0 Å². The lowest BCUT2D eigenvalue weighted by molar-refractivity contribution is -0.131. The van der Waals surface area contributed by atoms with Crippen LogP contribution in [0.1, 0.15) is 46.0 Å². The van der Waals surface area contributed by atoms with Gasteiger partial charge >= 0.3 is 12.0 Å². The first-order valence-corrected chi connectivity index (χ1v) is 6.91. The maximum atomic E-state index is 11.3. The molecule has 0 saturated carbocycles. The third kappa shape index (κ3) is 12.6. The summed E-state index contributed by atoms with van der Waals surface area (Å²) in [7, 11) is 0. The van der Waals surface area contributed by atoms with Gasteiger partial charge in [-0.3, -0.25) is 10.1 Å². The number of rotatable bonds is 9. The maximum Gasteiger partial charge on any atom is 0.328 e. The van der Waals surface area contributed by atoms with Crippen LogP contribution in [0.25, 0.3) is 0 Å². The van der Waals surface area contributed by atoms with Gasteiger partial charge in [0.05, 0.1) is 0 Å². The van der Waals surface area contributed by atoms with Crippen molar-refractivity contribution in [1.82, 2.24) is 10.6 Å². The number of urea groups is 1. The summed E-state index contributed by atoms with van der Waals surface area (Å²) in [5, 5.41) is 12.9. The fourth-order valence-corrected chi connectivity index (χ4v) is 1.58. The van der Waals surface area contributed by atoms with Gasteiger partial charge in [0.1, 0.15) is 0 Å². The van der Waals surface area contributed by atoms with Crippen LogP contribution in [0, 0.1) is 5.92 Å². The SMILES string of the molecule is CC(C)CCCCCCNC(=O)NC(=O)/C=C/C(=O)O. The molecule has 0 aromatic rings. The molecule has 0 bridgehead atoms. The van der Waals surface area contributed by atoms with Crippen LogP contribution in [0.4, 0.5) is 4.79 Å². The van der Waals surface area contributed by atoms with Crippen LogP contribution in [-0.4, -0.2) is 29.6 Å². The number of aliphatic carboxylic acids is 1. The molecule has 0 fully saturated rings. The molecule has 114 valence electrons. The number of carboxylic acids is 1. The van der Waals surface area contributed by atoms with Gasteiger partial charge in [-0.25, -0.2) is 9.59 Å². The van der Waals surface area contributed by atoms with E-state index in [0.717, 1.165) is 31.3 Å². The van der Waals surface area contributed by atoms with Crippen LogP contribution in [0.2, 0.25) is 0 Å². The minimum absolute atomic E-state index is 0.503. The Morgan fingerprint density at radius 2 is 1.70 bits per heavy atom. The average Bonchev–Trinajstić information content (AvgIpc) is 2.34. The Hall–Kier alpha value is -1.85. The number of carbonyl (C=O) groups excluding carboxylic acids is 2. The zero-order valence-electron chi connectivity index (χ0n) is 12.1. The minimum atomic E-state index is -1.23. The van der Waals surface area contributed by atoms with Crippen LogP contribution in [0.15, 0.2) is 12.2 Å². The second kappa shape index (κ2) is 11.0. The normalized spacial score (nSPS) is 10.8. The first kappa shape index (κ1) is 18.1. The molecule has 3 amide bonds. The molecule has 0 aliphatic heterocycles. The van der Waals surface area contributed by atoms with Crippen molar-refractivity contribution in [2.24, 2.45) is 5.92 Å². The molecular formula is C14H24N2O4. The molecule has 0 aliphatic rings. The van der Waals surface area contributed by atoms with E-state index in [1.807, 2.05) is 5.32 Å². The van der Waals surface area contributed by atoms with Gasteiger partial charge in [-0.05, 0) is 12.3 Å². The number of unbranched alkanes of at least 4 members (excludes halogenated alkanes) is 3.